The highest BCUT2D eigenvalue weighted by atomic mass is 19.2. The van der Waals surface area contributed by atoms with E-state index in [0.717, 1.165) is 25.7 Å². The summed E-state index contributed by atoms with van der Waals surface area (Å²) in [5.41, 5.74) is 0. The predicted molar refractivity (Wildman–Crippen MR) is 65.0 cm³/mol. The van der Waals surface area contributed by atoms with Crippen molar-refractivity contribution in [3.8, 4) is 11.5 Å². The highest BCUT2D eigenvalue weighted by molar-refractivity contribution is 5.35. The van der Waals surface area contributed by atoms with Crippen LogP contribution in [0.4, 0.5) is 8.78 Å². The minimum Gasteiger partial charge on any atom is -0.490 e. The Morgan fingerprint density at radius 1 is 1.11 bits per heavy atom. The number of ether oxygens (including phenoxy) is 2. The normalized spacial score (nSPS) is 14.6. The summed E-state index contributed by atoms with van der Waals surface area (Å²) >= 11 is 0. The number of hydrogen-bond donors (Lipinski definition) is 0. The zero-order chi connectivity index (χ0) is 13.0. The molecule has 2 rings (SSSR count). The van der Waals surface area contributed by atoms with E-state index in [9.17, 15) is 8.78 Å². The van der Waals surface area contributed by atoms with Crippen molar-refractivity contribution in [1.82, 2.24) is 0 Å². The summed E-state index contributed by atoms with van der Waals surface area (Å²) in [4.78, 5) is 0. The molecule has 2 nitrogen and oxygen atoms in total. The lowest BCUT2D eigenvalue weighted by atomic mass is 10.3. The fourth-order valence-corrected chi connectivity index (χ4v) is 1.56. The number of benzene rings is 1. The van der Waals surface area contributed by atoms with Crippen LogP contribution in [-0.2, 0) is 0 Å². The third kappa shape index (κ3) is 3.34. The zero-order valence-electron chi connectivity index (χ0n) is 10.5. The third-order valence-electron chi connectivity index (χ3n) is 2.94. The molecule has 0 atom stereocenters. The average Bonchev–Trinajstić information content (AvgIpc) is 3.18. The molecule has 4 heteroatoms. The molecule has 1 aromatic carbocycles. The van der Waals surface area contributed by atoms with E-state index in [1.165, 1.54) is 12.1 Å². The van der Waals surface area contributed by atoms with Crippen LogP contribution >= 0.6 is 0 Å². The van der Waals surface area contributed by atoms with Gasteiger partial charge in [0.1, 0.15) is 0 Å². The molecule has 0 unspecified atom stereocenters. The van der Waals surface area contributed by atoms with Crippen molar-refractivity contribution < 1.29 is 18.3 Å². The van der Waals surface area contributed by atoms with Crippen LogP contribution in [0.25, 0.3) is 0 Å². The van der Waals surface area contributed by atoms with E-state index in [4.69, 9.17) is 9.47 Å². The highest BCUT2D eigenvalue weighted by Gasteiger charge is 2.23. The van der Waals surface area contributed by atoms with Crippen molar-refractivity contribution in [2.75, 3.05) is 13.2 Å². The second-order valence-electron chi connectivity index (χ2n) is 4.65. The minimum atomic E-state index is -0.959. The molecule has 18 heavy (non-hydrogen) atoms. The molecule has 0 saturated heterocycles. The molecule has 0 amide bonds. The fourth-order valence-electron chi connectivity index (χ4n) is 1.56. The van der Waals surface area contributed by atoms with Crippen molar-refractivity contribution in [2.24, 2.45) is 5.92 Å². The van der Waals surface area contributed by atoms with Gasteiger partial charge in [-0.1, -0.05) is 13.3 Å². The maximum atomic E-state index is 13.7. The first-order valence-electron chi connectivity index (χ1n) is 6.46. The molecule has 1 aliphatic rings. The van der Waals surface area contributed by atoms with Gasteiger partial charge in [0.2, 0.25) is 11.6 Å². The first-order valence-corrected chi connectivity index (χ1v) is 6.46. The summed E-state index contributed by atoms with van der Waals surface area (Å²) in [6, 6.07) is 2.86. The number of hydrogen-bond acceptors (Lipinski definition) is 2. The molecule has 0 spiro atoms. The molecule has 0 radical (unpaired) electrons. The molecule has 100 valence electrons. The first-order chi connectivity index (χ1) is 8.72. The van der Waals surface area contributed by atoms with Gasteiger partial charge in [-0.05, 0) is 37.3 Å². The zero-order valence-corrected chi connectivity index (χ0v) is 10.5. The summed E-state index contributed by atoms with van der Waals surface area (Å²) in [7, 11) is 0. The van der Waals surface area contributed by atoms with E-state index in [1.54, 1.807) is 0 Å². The Balaban J connectivity index is 1.98. The standard InChI is InChI=1S/C14H18F2O2/c1-2-3-8-17-11-6-7-12(14(16)13(11)15)18-9-10-4-5-10/h6-7,10H,2-5,8-9H2,1H3. The molecule has 0 aliphatic heterocycles. The van der Waals surface area contributed by atoms with Crippen LogP contribution in [0.2, 0.25) is 0 Å². The second-order valence-corrected chi connectivity index (χ2v) is 4.65. The van der Waals surface area contributed by atoms with Gasteiger partial charge in [-0.3, -0.25) is 0 Å². The summed E-state index contributed by atoms with van der Waals surface area (Å²) in [5.74, 6) is -1.47. The van der Waals surface area contributed by atoms with Gasteiger partial charge in [0.15, 0.2) is 11.5 Å². The van der Waals surface area contributed by atoms with Gasteiger partial charge in [0.25, 0.3) is 0 Å². The largest absolute Gasteiger partial charge is 0.490 e. The highest BCUT2D eigenvalue weighted by Crippen LogP contribution is 2.32. The van der Waals surface area contributed by atoms with Gasteiger partial charge in [0.05, 0.1) is 13.2 Å². The molecule has 1 saturated carbocycles. The van der Waals surface area contributed by atoms with E-state index in [0.29, 0.717) is 19.1 Å². The van der Waals surface area contributed by atoms with Gasteiger partial charge >= 0.3 is 0 Å². The maximum Gasteiger partial charge on any atom is 0.204 e. The lowest BCUT2D eigenvalue weighted by Crippen LogP contribution is -2.04. The lowest BCUT2D eigenvalue weighted by molar-refractivity contribution is 0.265. The summed E-state index contributed by atoms with van der Waals surface area (Å²) in [6.45, 7) is 2.87. The van der Waals surface area contributed by atoms with Crippen LogP contribution in [0.15, 0.2) is 12.1 Å². The molecule has 0 aromatic heterocycles. The molecule has 0 N–H and O–H groups in total. The molecular weight excluding hydrogens is 238 g/mol. The Bertz CT molecular complexity index is 403. The van der Waals surface area contributed by atoms with Crippen LogP contribution in [0.1, 0.15) is 32.6 Å². The Labute approximate surface area is 106 Å². The smallest absolute Gasteiger partial charge is 0.204 e. The van der Waals surface area contributed by atoms with E-state index >= 15 is 0 Å². The van der Waals surface area contributed by atoms with Gasteiger partial charge in [-0.25, -0.2) is 0 Å². The molecule has 0 heterocycles. The average molecular weight is 256 g/mol. The van der Waals surface area contributed by atoms with Crippen LogP contribution in [0.3, 0.4) is 0 Å². The van der Waals surface area contributed by atoms with E-state index in [1.807, 2.05) is 6.92 Å². The van der Waals surface area contributed by atoms with Gasteiger partial charge in [-0.2, -0.15) is 8.78 Å². The van der Waals surface area contributed by atoms with Gasteiger partial charge in [-0.15, -0.1) is 0 Å². The van der Waals surface area contributed by atoms with Crippen molar-refractivity contribution in [3.05, 3.63) is 23.8 Å². The van der Waals surface area contributed by atoms with Crippen LogP contribution in [0.5, 0.6) is 11.5 Å². The maximum absolute atomic E-state index is 13.7. The van der Waals surface area contributed by atoms with Crippen molar-refractivity contribution >= 4 is 0 Å². The Morgan fingerprint density at radius 2 is 1.72 bits per heavy atom. The van der Waals surface area contributed by atoms with Crippen molar-refractivity contribution in [3.63, 3.8) is 0 Å². The van der Waals surface area contributed by atoms with E-state index in [2.05, 4.69) is 0 Å². The molecule has 0 bridgehead atoms. The fraction of sp³-hybridized carbons (Fsp3) is 0.571. The monoisotopic (exact) mass is 256 g/mol. The van der Waals surface area contributed by atoms with E-state index in [-0.39, 0.29) is 11.5 Å². The SMILES string of the molecule is CCCCOc1ccc(OCC2CC2)c(F)c1F. The number of unbranched alkanes of at least 4 members (excludes halogenated alkanes) is 1. The van der Waals surface area contributed by atoms with Crippen LogP contribution < -0.4 is 9.47 Å². The van der Waals surface area contributed by atoms with E-state index < -0.39 is 11.6 Å². The van der Waals surface area contributed by atoms with Gasteiger partial charge < -0.3 is 9.47 Å². The van der Waals surface area contributed by atoms with Crippen LogP contribution in [0, 0.1) is 17.6 Å². The number of rotatable bonds is 7. The lowest BCUT2D eigenvalue weighted by Gasteiger charge is -2.10. The minimum absolute atomic E-state index is 0.0257. The van der Waals surface area contributed by atoms with Gasteiger partial charge in [0, 0.05) is 0 Å². The molecular formula is C14H18F2O2. The molecule has 1 aromatic rings. The number of halogens is 2. The third-order valence-corrected chi connectivity index (χ3v) is 2.94. The van der Waals surface area contributed by atoms with Crippen molar-refractivity contribution in [2.45, 2.75) is 32.6 Å². The van der Waals surface area contributed by atoms with Crippen LogP contribution in [-0.4, -0.2) is 13.2 Å². The Hall–Kier alpha value is -1.32. The second kappa shape index (κ2) is 6.03. The Kier molecular flexibility index (Phi) is 4.39. The molecule has 1 fully saturated rings. The first kappa shape index (κ1) is 13.1. The quantitative estimate of drug-likeness (QED) is 0.688. The summed E-state index contributed by atoms with van der Waals surface area (Å²) in [6.07, 6.45) is 4.00. The van der Waals surface area contributed by atoms with Crippen molar-refractivity contribution in [1.29, 1.82) is 0 Å². The summed E-state index contributed by atoms with van der Waals surface area (Å²) in [5, 5.41) is 0. The topological polar surface area (TPSA) is 18.5 Å². The summed E-state index contributed by atoms with van der Waals surface area (Å²) < 4.78 is 37.7. The predicted octanol–water partition coefficient (Wildman–Crippen LogP) is 3.93. The molecule has 1 aliphatic carbocycles. The Morgan fingerprint density at radius 3 is 2.28 bits per heavy atom.